The molecular weight excluding hydrogens is 392 g/mol. The van der Waals surface area contributed by atoms with Gasteiger partial charge in [0.25, 0.3) is 5.91 Å². The average molecular weight is 431 g/mol. The fourth-order valence-electron chi connectivity index (χ4n) is 4.95. The number of carbonyl (C=O) groups is 2. The van der Waals surface area contributed by atoms with Crippen molar-refractivity contribution in [1.82, 2.24) is 5.32 Å². The number of esters is 1. The fraction of sp³-hybridized carbons (Fsp3) is 0.680. The molecule has 31 heavy (non-hydrogen) atoms. The largest absolute Gasteiger partial charge is 0.462 e. The molecule has 3 atom stereocenters. The molecule has 3 unspecified atom stereocenters. The van der Waals surface area contributed by atoms with Crippen LogP contribution >= 0.6 is 0 Å². The summed E-state index contributed by atoms with van der Waals surface area (Å²) >= 11 is 0. The number of amides is 1. The van der Waals surface area contributed by atoms with Gasteiger partial charge in [-0.3, -0.25) is 9.59 Å². The summed E-state index contributed by atoms with van der Waals surface area (Å²) in [6, 6.07) is 4.66. The van der Waals surface area contributed by atoms with Crippen molar-refractivity contribution in [3.8, 4) is 0 Å². The van der Waals surface area contributed by atoms with Gasteiger partial charge in [-0.1, -0.05) is 13.8 Å². The number of aryl methyl sites for hydroxylation is 1. The maximum absolute atomic E-state index is 13.2. The van der Waals surface area contributed by atoms with Crippen molar-refractivity contribution in [3.05, 3.63) is 28.8 Å². The van der Waals surface area contributed by atoms with E-state index >= 15 is 0 Å². The fourth-order valence-corrected chi connectivity index (χ4v) is 4.95. The summed E-state index contributed by atoms with van der Waals surface area (Å²) in [5, 5.41) is 3.02. The van der Waals surface area contributed by atoms with E-state index in [1.165, 1.54) is 0 Å². The van der Waals surface area contributed by atoms with Gasteiger partial charge in [-0.2, -0.15) is 0 Å². The summed E-state index contributed by atoms with van der Waals surface area (Å²) in [6.07, 6.45) is 3.65. The molecule has 2 heterocycles. The second-order valence-corrected chi connectivity index (χ2v) is 9.05. The number of anilines is 1. The first-order chi connectivity index (χ1) is 14.8. The number of cyclic esters (lactones) is 1. The summed E-state index contributed by atoms with van der Waals surface area (Å²) in [5.74, 6) is -0.415. The smallest absolute Gasteiger partial charge is 0.311 e. The van der Waals surface area contributed by atoms with Gasteiger partial charge in [0.15, 0.2) is 0 Å². The number of hydrogen-bond acceptors (Lipinski definition) is 5. The van der Waals surface area contributed by atoms with Crippen LogP contribution in [0, 0.1) is 18.8 Å². The molecule has 1 amide bonds. The van der Waals surface area contributed by atoms with Gasteiger partial charge in [-0.05, 0) is 75.6 Å². The Kier molecular flexibility index (Phi) is 7.98. The van der Waals surface area contributed by atoms with E-state index in [1.807, 2.05) is 19.9 Å². The van der Waals surface area contributed by atoms with Gasteiger partial charge >= 0.3 is 5.97 Å². The van der Waals surface area contributed by atoms with Gasteiger partial charge in [0.2, 0.25) is 0 Å². The Morgan fingerprint density at radius 1 is 1.19 bits per heavy atom. The normalized spacial score (nSPS) is 24.5. The molecule has 2 aliphatic heterocycles. The molecule has 2 fully saturated rings. The summed E-state index contributed by atoms with van der Waals surface area (Å²) in [4.78, 5) is 27.9. The first-order valence-corrected chi connectivity index (χ1v) is 11.8. The van der Waals surface area contributed by atoms with Crippen LogP contribution in [-0.4, -0.2) is 50.3 Å². The van der Waals surface area contributed by atoms with Gasteiger partial charge in [-0.25, -0.2) is 0 Å². The molecule has 2 saturated heterocycles. The maximum Gasteiger partial charge on any atom is 0.311 e. The van der Waals surface area contributed by atoms with Gasteiger partial charge in [0.05, 0.1) is 12.0 Å². The summed E-state index contributed by atoms with van der Waals surface area (Å²) in [5.41, 5.74) is 3.98. The SMILES string of the molecule is CCc1cc(C(=O)NCC2C(=O)OC(C)CC2C)c(C)c(N(CC)C2CCOCC2)c1. The molecule has 2 aliphatic rings. The van der Waals surface area contributed by atoms with Crippen LogP contribution in [0.3, 0.4) is 0 Å². The lowest BCUT2D eigenvalue weighted by Crippen LogP contribution is -2.43. The van der Waals surface area contributed by atoms with Crippen LogP contribution in [0.1, 0.15) is 68.4 Å². The maximum atomic E-state index is 13.2. The van der Waals surface area contributed by atoms with E-state index in [0.717, 1.165) is 62.3 Å². The minimum atomic E-state index is -0.288. The second-order valence-electron chi connectivity index (χ2n) is 9.05. The molecule has 0 bridgehead atoms. The topological polar surface area (TPSA) is 67.9 Å². The molecule has 1 aromatic carbocycles. The molecule has 6 heteroatoms. The van der Waals surface area contributed by atoms with E-state index in [0.29, 0.717) is 18.2 Å². The highest BCUT2D eigenvalue weighted by atomic mass is 16.5. The number of carbonyl (C=O) groups excluding carboxylic acids is 2. The Bertz CT molecular complexity index is 788. The zero-order chi connectivity index (χ0) is 22.5. The average Bonchev–Trinajstić information content (AvgIpc) is 2.75. The molecule has 0 spiro atoms. The minimum absolute atomic E-state index is 0.0503. The highest BCUT2D eigenvalue weighted by Gasteiger charge is 2.34. The van der Waals surface area contributed by atoms with Crippen molar-refractivity contribution in [2.75, 3.05) is 31.2 Å². The van der Waals surface area contributed by atoms with Crippen molar-refractivity contribution in [1.29, 1.82) is 0 Å². The molecule has 3 rings (SSSR count). The zero-order valence-electron chi connectivity index (χ0n) is 19.7. The van der Waals surface area contributed by atoms with E-state index in [-0.39, 0.29) is 29.8 Å². The number of ether oxygens (including phenoxy) is 2. The van der Waals surface area contributed by atoms with Crippen molar-refractivity contribution >= 4 is 17.6 Å². The van der Waals surface area contributed by atoms with Crippen molar-refractivity contribution in [2.45, 2.75) is 72.4 Å². The Morgan fingerprint density at radius 2 is 1.90 bits per heavy atom. The van der Waals surface area contributed by atoms with Gasteiger partial charge < -0.3 is 19.7 Å². The van der Waals surface area contributed by atoms with Gasteiger partial charge in [-0.15, -0.1) is 0 Å². The third-order valence-electron chi connectivity index (χ3n) is 6.87. The van der Waals surface area contributed by atoms with Gasteiger partial charge in [0.1, 0.15) is 0 Å². The molecule has 172 valence electrons. The number of rotatable bonds is 7. The number of nitrogens with zero attached hydrogens (tertiary/aromatic N) is 1. The van der Waals surface area contributed by atoms with Gasteiger partial charge in [0, 0.05) is 43.6 Å². The molecular formula is C25H38N2O4. The lowest BCUT2D eigenvalue weighted by Gasteiger charge is -2.37. The van der Waals surface area contributed by atoms with E-state index < -0.39 is 0 Å². The molecule has 6 nitrogen and oxygen atoms in total. The molecule has 1 N–H and O–H groups in total. The summed E-state index contributed by atoms with van der Waals surface area (Å²) in [6.45, 7) is 13.1. The van der Waals surface area contributed by atoms with E-state index in [9.17, 15) is 9.59 Å². The molecule has 0 aliphatic carbocycles. The lowest BCUT2D eigenvalue weighted by atomic mass is 9.87. The van der Waals surface area contributed by atoms with Crippen molar-refractivity contribution in [2.24, 2.45) is 11.8 Å². The minimum Gasteiger partial charge on any atom is -0.462 e. The Balaban J connectivity index is 1.80. The van der Waals surface area contributed by atoms with Crippen molar-refractivity contribution < 1.29 is 19.1 Å². The van der Waals surface area contributed by atoms with Crippen LogP contribution in [0.25, 0.3) is 0 Å². The third-order valence-corrected chi connectivity index (χ3v) is 6.87. The van der Waals surface area contributed by atoms with Crippen LogP contribution in [0.4, 0.5) is 5.69 Å². The van der Waals surface area contributed by atoms with Crippen molar-refractivity contribution in [3.63, 3.8) is 0 Å². The highest BCUT2D eigenvalue weighted by molar-refractivity contribution is 5.97. The Morgan fingerprint density at radius 3 is 2.52 bits per heavy atom. The number of benzene rings is 1. The monoisotopic (exact) mass is 430 g/mol. The van der Waals surface area contributed by atoms with E-state index in [1.54, 1.807) is 0 Å². The number of hydrogen-bond donors (Lipinski definition) is 1. The Labute approximate surface area is 186 Å². The highest BCUT2D eigenvalue weighted by Crippen LogP contribution is 2.31. The first-order valence-electron chi connectivity index (χ1n) is 11.8. The van der Waals surface area contributed by atoms with Crippen LogP contribution in [-0.2, 0) is 20.7 Å². The predicted molar refractivity (Wildman–Crippen MR) is 123 cm³/mol. The van der Waals surface area contributed by atoms with Crippen LogP contribution in [0.2, 0.25) is 0 Å². The summed E-state index contributed by atoms with van der Waals surface area (Å²) in [7, 11) is 0. The number of nitrogens with one attached hydrogen (secondary N) is 1. The standard InChI is InChI=1S/C25H38N2O4/c1-6-19-13-21(24(28)26-15-22-16(3)12-17(4)31-25(22)29)18(5)23(14-19)27(7-2)20-8-10-30-11-9-20/h13-14,16-17,20,22H,6-12,15H2,1-5H3,(H,26,28). The van der Waals surface area contributed by atoms with E-state index in [4.69, 9.17) is 9.47 Å². The molecule has 0 aromatic heterocycles. The lowest BCUT2D eigenvalue weighted by molar-refractivity contribution is -0.162. The Hall–Kier alpha value is -2.08. The second kappa shape index (κ2) is 10.5. The quantitative estimate of drug-likeness (QED) is 0.665. The zero-order valence-corrected chi connectivity index (χ0v) is 19.7. The molecule has 0 radical (unpaired) electrons. The van der Waals surface area contributed by atoms with Crippen LogP contribution < -0.4 is 10.2 Å². The molecule has 1 aromatic rings. The summed E-state index contributed by atoms with van der Waals surface area (Å²) < 4.78 is 10.9. The predicted octanol–water partition coefficient (Wildman–Crippen LogP) is 3.88. The van der Waals surface area contributed by atoms with Crippen LogP contribution in [0.5, 0.6) is 0 Å². The first kappa shape index (κ1) is 23.6. The third kappa shape index (κ3) is 5.40. The van der Waals surface area contributed by atoms with E-state index in [2.05, 4.69) is 37.1 Å². The molecule has 0 saturated carbocycles. The van der Waals surface area contributed by atoms with Crippen LogP contribution in [0.15, 0.2) is 12.1 Å².